The molecule has 1 fully saturated rings. The number of fused-ring (bicyclic) bond motifs is 1. The SMILES string of the molecule is CN=C(NCCC(=O)N1CCc2sccc2C1)NC1CCC(C(C)C)CC1.I. The van der Waals surface area contributed by atoms with Crippen LogP contribution in [-0.4, -0.2) is 42.9 Å². The number of hydrogen-bond acceptors (Lipinski definition) is 3. The van der Waals surface area contributed by atoms with Crippen LogP contribution in [0, 0.1) is 11.8 Å². The van der Waals surface area contributed by atoms with Gasteiger partial charge < -0.3 is 15.5 Å². The maximum absolute atomic E-state index is 12.5. The van der Waals surface area contributed by atoms with Crippen LogP contribution >= 0.6 is 35.3 Å². The Morgan fingerprint density at radius 1 is 1.32 bits per heavy atom. The lowest BCUT2D eigenvalue weighted by molar-refractivity contribution is -0.131. The largest absolute Gasteiger partial charge is 0.356 e. The summed E-state index contributed by atoms with van der Waals surface area (Å²) >= 11 is 1.81. The van der Waals surface area contributed by atoms with Gasteiger partial charge in [0, 0.05) is 44.0 Å². The molecular formula is C21H35IN4OS. The van der Waals surface area contributed by atoms with Gasteiger partial charge in [0.25, 0.3) is 0 Å². The van der Waals surface area contributed by atoms with E-state index in [9.17, 15) is 4.79 Å². The molecule has 0 saturated heterocycles. The summed E-state index contributed by atoms with van der Waals surface area (Å²) in [6, 6.07) is 2.65. The van der Waals surface area contributed by atoms with E-state index in [-0.39, 0.29) is 29.9 Å². The van der Waals surface area contributed by atoms with Gasteiger partial charge in [-0.2, -0.15) is 0 Å². The third kappa shape index (κ3) is 6.34. The van der Waals surface area contributed by atoms with Crippen LogP contribution < -0.4 is 10.6 Å². The molecule has 0 radical (unpaired) electrons. The third-order valence-corrected chi connectivity index (χ3v) is 7.09. The van der Waals surface area contributed by atoms with Crippen LogP contribution in [0.5, 0.6) is 0 Å². The molecule has 28 heavy (non-hydrogen) atoms. The molecule has 1 aromatic rings. The molecule has 1 aliphatic carbocycles. The van der Waals surface area contributed by atoms with Crippen LogP contribution in [0.15, 0.2) is 16.4 Å². The number of carbonyl (C=O) groups excluding carboxylic acids is 1. The van der Waals surface area contributed by atoms with Crippen molar-refractivity contribution in [3.8, 4) is 0 Å². The summed E-state index contributed by atoms with van der Waals surface area (Å²) in [5.41, 5.74) is 1.32. The number of amides is 1. The summed E-state index contributed by atoms with van der Waals surface area (Å²) in [5.74, 6) is 2.71. The molecule has 0 unspecified atom stereocenters. The van der Waals surface area contributed by atoms with E-state index in [0.717, 1.165) is 37.3 Å². The van der Waals surface area contributed by atoms with E-state index in [1.807, 2.05) is 16.2 Å². The van der Waals surface area contributed by atoms with E-state index in [1.54, 1.807) is 7.05 Å². The van der Waals surface area contributed by atoms with E-state index in [0.29, 0.717) is 19.0 Å². The van der Waals surface area contributed by atoms with Crippen LogP contribution in [0.3, 0.4) is 0 Å². The Bertz CT molecular complexity index is 653. The van der Waals surface area contributed by atoms with Crippen molar-refractivity contribution in [2.45, 2.75) is 65.0 Å². The number of nitrogens with zero attached hydrogens (tertiary/aromatic N) is 2. The van der Waals surface area contributed by atoms with Gasteiger partial charge in [-0.1, -0.05) is 13.8 Å². The number of hydrogen-bond donors (Lipinski definition) is 2. The van der Waals surface area contributed by atoms with Crippen LogP contribution in [0.2, 0.25) is 0 Å². The number of nitrogens with one attached hydrogen (secondary N) is 2. The second kappa shape index (κ2) is 11.4. The maximum atomic E-state index is 12.5. The van der Waals surface area contributed by atoms with E-state index < -0.39 is 0 Å². The molecule has 158 valence electrons. The third-order valence-electron chi connectivity index (χ3n) is 6.07. The van der Waals surface area contributed by atoms with E-state index >= 15 is 0 Å². The van der Waals surface area contributed by atoms with Crippen LogP contribution in [0.4, 0.5) is 0 Å². The molecule has 1 saturated carbocycles. The molecule has 2 heterocycles. The van der Waals surface area contributed by atoms with Crippen LogP contribution in [0.1, 0.15) is 56.4 Å². The molecule has 1 aromatic heterocycles. The first kappa shape index (κ1) is 23.4. The second-order valence-corrected chi connectivity index (χ2v) is 9.18. The molecule has 2 aliphatic rings. The highest BCUT2D eigenvalue weighted by atomic mass is 127. The van der Waals surface area contributed by atoms with Crippen molar-refractivity contribution < 1.29 is 4.79 Å². The zero-order valence-corrected chi connectivity index (χ0v) is 20.5. The minimum absolute atomic E-state index is 0. The number of thiophene rings is 1. The van der Waals surface area contributed by atoms with Gasteiger partial charge in [-0.05, 0) is 60.9 Å². The number of rotatable bonds is 5. The monoisotopic (exact) mass is 518 g/mol. The lowest BCUT2D eigenvalue weighted by Crippen LogP contribution is -2.46. The van der Waals surface area contributed by atoms with Gasteiger partial charge >= 0.3 is 0 Å². The molecule has 2 N–H and O–H groups in total. The number of aliphatic imine (C=N–C) groups is 1. The average Bonchev–Trinajstić information content (AvgIpc) is 3.15. The fourth-order valence-electron chi connectivity index (χ4n) is 4.23. The molecule has 0 spiro atoms. The summed E-state index contributed by atoms with van der Waals surface area (Å²) in [5, 5.41) is 9.00. The van der Waals surface area contributed by atoms with Crippen molar-refractivity contribution in [2.75, 3.05) is 20.1 Å². The molecule has 5 nitrogen and oxygen atoms in total. The summed E-state index contributed by atoms with van der Waals surface area (Å²) in [6.45, 7) is 6.91. The first-order chi connectivity index (χ1) is 13.1. The summed E-state index contributed by atoms with van der Waals surface area (Å²) in [7, 11) is 1.81. The molecule has 1 amide bonds. The highest BCUT2D eigenvalue weighted by Gasteiger charge is 2.24. The first-order valence-corrected chi connectivity index (χ1v) is 11.2. The van der Waals surface area contributed by atoms with Crippen molar-refractivity contribution >= 4 is 47.2 Å². The van der Waals surface area contributed by atoms with Crippen molar-refractivity contribution in [3.05, 3.63) is 21.9 Å². The Balaban J connectivity index is 0.00000280. The topological polar surface area (TPSA) is 56.7 Å². The molecule has 0 aromatic carbocycles. The van der Waals surface area contributed by atoms with Gasteiger partial charge in [0.1, 0.15) is 0 Å². The number of halogens is 1. The molecule has 1 aliphatic heterocycles. The van der Waals surface area contributed by atoms with Gasteiger partial charge in [-0.15, -0.1) is 35.3 Å². The smallest absolute Gasteiger partial charge is 0.224 e. The van der Waals surface area contributed by atoms with Crippen molar-refractivity contribution in [3.63, 3.8) is 0 Å². The predicted octanol–water partition coefficient (Wildman–Crippen LogP) is 4.02. The Labute approximate surface area is 190 Å². The Morgan fingerprint density at radius 3 is 2.75 bits per heavy atom. The molecule has 0 atom stereocenters. The standard InChI is InChI=1S/C21H34N4OS.HI/c1-15(2)16-4-6-18(7-5-16)24-21(22-3)23-11-8-20(26)25-12-9-19-17(14-25)10-13-27-19;/h10,13,15-16,18H,4-9,11-12,14H2,1-3H3,(H2,22,23,24);1H. The molecule has 7 heteroatoms. The minimum atomic E-state index is 0. The Kier molecular flexibility index (Phi) is 9.53. The average molecular weight is 519 g/mol. The second-order valence-electron chi connectivity index (χ2n) is 8.18. The minimum Gasteiger partial charge on any atom is -0.356 e. The van der Waals surface area contributed by atoms with Gasteiger partial charge in [0.2, 0.25) is 5.91 Å². The number of carbonyl (C=O) groups is 1. The lowest BCUT2D eigenvalue weighted by atomic mass is 9.80. The first-order valence-electron chi connectivity index (χ1n) is 10.4. The van der Waals surface area contributed by atoms with Gasteiger partial charge in [0.15, 0.2) is 5.96 Å². The van der Waals surface area contributed by atoms with Crippen molar-refractivity contribution in [2.24, 2.45) is 16.8 Å². The fraction of sp³-hybridized carbons (Fsp3) is 0.714. The molecule has 0 bridgehead atoms. The Hall–Kier alpha value is -0.830. The maximum Gasteiger partial charge on any atom is 0.224 e. The predicted molar refractivity (Wildman–Crippen MR) is 129 cm³/mol. The van der Waals surface area contributed by atoms with Gasteiger partial charge in [-0.25, -0.2) is 0 Å². The van der Waals surface area contributed by atoms with E-state index in [4.69, 9.17) is 0 Å². The zero-order chi connectivity index (χ0) is 19.2. The highest BCUT2D eigenvalue weighted by molar-refractivity contribution is 14.0. The Morgan fingerprint density at radius 2 is 2.07 bits per heavy atom. The van der Waals surface area contributed by atoms with Crippen LogP contribution in [0.25, 0.3) is 0 Å². The summed E-state index contributed by atoms with van der Waals surface area (Å²) in [6.07, 6.45) is 6.52. The summed E-state index contributed by atoms with van der Waals surface area (Å²) in [4.78, 5) is 20.3. The van der Waals surface area contributed by atoms with E-state index in [2.05, 4.69) is 40.9 Å². The lowest BCUT2D eigenvalue weighted by Gasteiger charge is -2.32. The van der Waals surface area contributed by atoms with Crippen molar-refractivity contribution in [1.29, 1.82) is 0 Å². The zero-order valence-electron chi connectivity index (χ0n) is 17.4. The molecular weight excluding hydrogens is 483 g/mol. The highest BCUT2D eigenvalue weighted by Crippen LogP contribution is 2.29. The van der Waals surface area contributed by atoms with Crippen molar-refractivity contribution in [1.82, 2.24) is 15.5 Å². The fourth-order valence-corrected chi connectivity index (χ4v) is 5.12. The molecule has 3 rings (SSSR count). The number of guanidine groups is 1. The van der Waals surface area contributed by atoms with E-state index in [1.165, 1.54) is 36.1 Å². The quantitative estimate of drug-likeness (QED) is 0.352. The normalized spacial score (nSPS) is 22.4. The summed E-state index contributed by atoms with van der Waals surface area (Å²) < 4.78 is 0. The van der Waals surface area contributed by atoms with Gasteiger partial charge in [0.05, 0.1) is 0 Å². The van der Waals surface area contributed by atoms with Crippen LogP contribution in [-0.2, 0) is 17.8 Å². The van der Waals surface area contributed by atoms with Gasteiger partial charge in [-0.3, -0.25) is 9.79 Å².